The largest absolute Gasteiger partial charge is 0.371 e. The number of carbonyl (C=O) groups excluding carboxylic acids is 1. The highest BCUT2D eigenvalue weighted by Crippen LogP contribution is 2.41. The van der Waals surface area contributed by atoms with Crippen molar-refractivity contribution >= 4 is 34.8 Å². The average molecular weight is 555 g/mol. The molecule has 1 aliphatic carbocycles. The van der Waals surface area contributed by atoms with Crippen molar-refractivity contribution in [3.05, 3.63) is 41.1 Å². The van der Waals surface area contributed by atoms with E-state index in [0.29, 0.717) is 18.2 Å². The van der Waals surface area contributed by atoms with E-state index in [4.69, 9.17) is 32.2 Å². The van der Waals surface area contributed by atoms with Gasteiger partial charge in [0.15, 0.2) is 5.65 Å². The summed E-state index contributed by atoms with van der Waals surface area (Å²) >= 11 is 6.47. The second kappa shape index (κ2) is 10.4. The number of nitrogens with zero attached hydrogens (tertiary/aromatic N) is 7. The summed E-state index contributed by atoms with van der Waals surface area (Å²) in [5, 5.41) is 5.65. The third-order valence-electron chi connectivity index (χ3n) is 8.65. The summed E-state index contributed by atoms with van der Waals surface area (Å²) < 4.78 is 8.30. The van der Waals surface area contributed by atoms with Crippen LogP contribution in [0.15, 0.2) is 35.4 Å². The van der Waals surface area contributed by atoms with Crippen LogP contribution in [-0.4, -0.2) is 102 Å². The molecule has 210 valence electrons. The number of anilines is 2. The lowest BCUT2D eigenvalue weighted by atomic mass is 9.78. The molecule has 1 amide bonds. The van der Waals surface area contributed by atoms with E-state index < -0.39 is 5.41 Å². The van der Waals surface area contributed by atoms with E-state index in [0.717, 1.165) is 75.0 Å². The fourth-order valence-corrected chi connectivity index (χ4v) is 6.44. The summed E-state index contributed by atoms with van der Waals surface area (Å²) in [5.74, 6) is 1.92. The Balaban J connectivity index is 1.45. The topological polar surface area (TPSA) is 95.5 Å². The standard InChI is InChI=1S/C28H39ClN8O2/c1-28-16-19(29)7-8-23(28)39-13-12-33(2)10-11-34(3)26-15-24(35-17-20(30)18-35)31-25-14-21(32-37(25)26)22-6-4-5-9-36(22)27(28)38/h7-8,14-16,20,22-23H,4-6,9-13,17-18,30H2,1-3H3. The zero-order chi connectivity index (χ0) is 27.3. The molecule has 2 aromatic heterocycles. The minimum Gasteiger partial charge on any atom is -0.371 e. The molecule has 0 saturated carbocycles. The number of hydrogen-bond donors (Lipinski definition) is 1. The van der Waals surface area contributed by atoms with Gasteiger partial charge >= 0.3 is 0 Å². The Morgan fingerprint density at radius 1 is 1.13 bits per heavy atom. The van der Waals surface area contributed by atoms with Gasteiger partial charge in [0.25, 0.3) is 0 Å². The number of likely N-dealkylation sites (N-methyl/N-ethyl adjacent to an activating group) is 2. The van der Waals surface area contributed by atoms with Crippen LogP contribution in [0.2, 0.25) is 0 Å². The molecule has 2 bridgehead atoms. The number of nitrogens with two attached hydrogens (primary N) is 1. The summed E-state index contributed by atoms with van der Waals surface area (Å²) in [6, 6.07) is 4.21. The van der Waals surface area contributed by atoms with E-state index in [-0.39, 0.29) is 24.1 Å². The van der Waals surface area contributed by atoms with Gasteiger partial charge in [-0.25, -0.2) is 4.98 Å². The van der Waals surface area contributed by atoms with Crippen molar-refractivity contribution in [1.29, 1.82) is 0 Å². The van der Waals surface area contributed by atoms with Crippen LogP contribution in [0.25, 0.3) is 5.65 Å². The van der Waals surface area contributed by atoms with Crippen molar-refractivity contribution in [3.8, 4) is 0 Å². The molecule has 2 saturated heterocycles. The van der Waals surface area contributed by atoms with Gasteiger partial charge in [-0.15, -0.1) is 0 Å². The van der Waals surface area contributed by atoms with E-state index in [1.54, 1.807) is 0 Å². The molecule has 0 aromatic carbocycles. The quantitative estimate of drug-likeness (QED) is 0.574. The molecule has 6 rings (SSSR count). The molecule has 3 unspecified atom stereocenters. The molecule has 2 aromatic rings. The lowest BCUT2D eigenvalue weighted by molar-refractivity contribution is -0.149. The van der Waals surface area contributed by atoms with E-state index in [1.165, 1.54) is 0 Å². The Morgan fingerprint density at radius 2 is 1.95 bits per heavy atom. The van der Waals surface area contributed by atoms with Crippen molar-refractivity contribution in [2.45, 2.75) is 44.4 Å². The van der Waals surface area contributed by atoms with Crippen LogP contribution in [0.4, 0.5) is 11.6 Å². The highest BCUT2D eigenvalue weighted by atomic mass is 35.5. The van der Waals surface area contributed by atoms with Crippen LogP contribution in [0.5, 0.6) is 0 Å². The Labute approximate surface area is 235 Å². The third kappa shape index (κ3) is 4.92. The van der Waals surface area contributed by atoms with Gasteiger partial charge in [0.05, 0.1) is 29.9 Å². The van der Waals surface area contributed by atoms with E-state index in [9.17, 15) is 4.79 Å². The van der Waals surface area contributed by atoms with Gasteiger partial charge in [-0.1, -0.05) is 17.7 Å². The van der Waals surface area contributed by atoms with Gasteiger partial charge < -0.3 is 30.1 Å². The van der Waals surface area contributed by atoms with Crippen molar-refractivity contribution in [2.75, 3.05) is 69.8 Å². The molecule has 3 aliphatic heterocycles. The summed E-state index contributed by atoms with van der Waals surface area (Å²) in [6.45, 7) is 7.16. The number of fused-ring (bicyclic) bond motifs is 4. The molecule has 0 radical (unpaired) electrons. The van der Waals surface area contributed by atoms with Gasteiger partial charge in [0.2, 0.25) is 5.91 Å². The summed E-state index contributed by atoms with van der Waals surface area (Å²) in [7, 11) is 4.19. The SMILES string of the molecule is CN1CCOC2C=CC(Cl)=CC2(C)C(=O)N2CCCCC2c2cc3nc(N4CC(N)C4)cc(n3n2)N(C)CC1. The first-order valence-electron chi connectivity index (χ1n) is 14.0. The number of piperidine rings is 1. The molecule has 0 spiro atoms. The lowest BCUT2D eigenvalue weighted by Gasteiger charge is -2.43. The van der Waals surface area contributed by atoms with Crippen molar-refractivity contribution in [1.82, 2.24) is 24.4 Å². The molecular weight excluding hydrogens is 516 g/mol. The fourth-order valence-electron chi connectivity index (χ4n) is 6.14. The Kier molecular flexibility index (Phi) is 7.07. The minimum absolute atomic E-state index is 0.0257. The van der Waals surface area contributed by atoms with Crippen LogP contribution in [0, 0.1) is 5.41 Å². The van der Waals surface area contributed by atoms with Crippen LogP contribution in [-0.2, 0) is 9.53 Å². The van der Waals surface area contributed by atoms with Crippen molar-refractivity contribution in [3.63, 3.8) is 0 Å². The molecular formula is C28H39ClN8O2. The molecule has 5 heterocycles. The molecule has 39 heavy (non-hydrogen) atoms. The third-order valence-corrected chi connectivity index (χ3v) is 8.89. The van der Waals surface area contributed by atoms with Crippen molar-refractivity contribution < 1.29 is 9.53 Å². The number of carbonyl (C=O) groups is 1. The zero-order valence-electron chi connectivity index (χ0n) is 23.1. The molecule has 10 nitrogen and oxygen atoms in total. The van der Waals surface area contributed by atoms with Gasteiger partial charge in [0, 0.05) is 69.5 Å². The van der Waals surface area contributed by atoms with E-state index in [2.05, 4.69) is 40.9 Å². The molecule has 11 heteroatoms. The van der Waals surface area contributed by atoms with Gasteiger partial charge in [-0.3, -0.25) is 4.79 Å². The van der Waals surface area contributed by atoms with E-state index >= 15 is 0 Å². The van der Waals surface area contributed by atoms with Gasteiger partial charge in [-0.05, 0) is 45.4 Å². The maximum Gasteiger partial charge on any atom is 0.235 e. The smallest absolute Gasteiger partial charge is 0.235 e. The maximum absolute atomic E-state index is 14.4. The monoisotopic (exact) mass is 554 g/mol. The Hall–Kier alpha value is -2.66. The number of rotatable bonds is 1. The average Bonchev–Trinajstić information content (AvgIpc) is 3.34. The van der Waals surface area contributed by atoms with Gasteiger partial charge in [-0.2, -0.15) is 9.61 Å². The predicted octanol–water partition coefficient (Wildman–Crippen LogP) is 2.40. The number of ether oxygens (including phenoxy) is 1. The molecule has 4 aliphatic rings. The Bertz CT molecular complexity index is 1300. The van der Waals surface area contributed by atoms with E-state index in [1.807, 2.05) is 34.6 Å². The van der Waals surface area contributed by atoms with Crippen LogP contribution in [0.3, 0.4) is 0 Å². The predicted molar refractivity (Wildman–Crippen MR) is 153 cm³/mol. The molecule has 2 fully saturated rings. The summed E-state index contributed by atoms with van der Waals surface area (Å²) in [5.41, 5.74) is 6.85. The minimum atomic E-state index is -0.900. The molecule has 3 atom stereocenters. The summed E-state index contributed by atoms with van der Waals surface area (Å²) in [6.07, 6.45) is 8.10. The van der Waals surface area contributed by atoms with Gasteiger partial charge in [0.1, 0.15) is 11.6 Å². The zero-order valence-corrected chi connectivity index (χ0v) is 23.8. The number of hydrogen-bond acceptors (Lipinski definition) is 8. The number of amides is 1. The Morgan fingerprint density at radius 3 is 2.74 bits per heavy atom. The van der Waals surface area contributed by atoms with Crippen molar-refractivity contribution in [2.24, 2.45) is 11.1 Å². The van der Waals surface area contributed by atoms with Crippen LogP contribution >= 0.6 is 11.6 Å². The second-order valence-electron chi connectivity index (χ2n) is 11.7. The lowest BCUT2D eigenvalue weighted by Crippen LogP contribution is -2.56. The number of halogens is 1. The first-order chi connectivity index (χ1) is 18.7. The second-order valence-corrected chi connectivity index (χ2v) is 12.1. The molecule has 2 N–H and O–H groups in total. The summed E-state index contributed by atoms with van der Waals surface area (Å²) in [4.78, 5) is 28.0. The van der Waals surface area contributed by atoms with Crippen LogP contribution < -0.4 is 15.5 Å². The number of aromatic nitrogens is 3. The first-order valence-corrected chi connectivity index (χ1v) is 14.4. The highest BCUT2D eigenvalue weighted by Gasteiger charge is 2.46. The maximum atomic E-state index is 14.4. The first kappa shape index (κ1) is 26.6. The number of allylic oxidation sites excluding steroid dienone is 2. The fraction of sp³-hybridized carbons (Fsp3) is 0.607. The van der Waals surface area contributed by atoms with Crippen LogP contribution in [0.1, 0.15) is 37.9 Å². The normalized spacial score (nSPS) is 29.4. The highest BCUT2D eigenvalue weighted by molar-refractivity contribution is 6.31.